The zero-order valence-corrected chi connectivity index (χ0v) is 16.5. The lowest BCUT2D eigenvalue weighted by Crippen LogP contribution is -2.50. The third kappa shape index (κ3) is 4.14. The zero-order valence-electron chi connectivity index (χ0n) is 16.5. The van der Waals surface area contributed by atoms with Crippen molar-refractivity contribution in [3.05, 3.63) is 70.1 Å². The molecule has 7 heteroatoms. The minimum Gasteiger partial charge on any atom is -0.347 e. The van der Waals surface area contributed by atoms with E-state index in [1.165, 1.54) is 9.47 Å². The van der Waals surface area contributed by atoms with E-state index in [1.807, 2.05) is 37.4 Å². The fraction of sp³-hybridized carbons (Fsp3) is 0.381. The summed E-state index contributed by atoms with van der Waals surface area (Å²) < 4.78 is 1.29. The van der Waals surface area contributed by atoms with Gasteiger partial charge in [0.25, 0.3) is 11.5 Å². The van der Waals surface area contributed by atoms with Crippen LogP contribution >= 0.6 is 0 Å². The van der Waals surface area contributed by atoms with Gasteiger partial charge in [0.2, 0.25) is 5.91 Å². The predicted molar refractivity (Wildman–Crippen MR) is 107 cm³/mol. The van der Waals surface area contributed by atoms with Crippen molar-refractivity contribution in [3.63, 3.8) is 0 Å². The average molecular weight is 382 g/mol. The maximum absolute atomic E-state index is 13.3. The molecule has 1 aromatic carbocycles. The van der Waals surface area contributed by atoms with E-state index in [-0.39, 0.29) is 30.0 Å². The lowest BCUT2D eigenvalue weighted by Gasteiger charge is -2.40. The molecule has 0 saturated carbocycles. The van der Waals surface area contributed by atoms with Crippen molar-refractivity contribution in [3.8, 4) is 0 Å². The first-order chi connectivity index (χ1) is 13.4. The van der Waals surface area contributed by atoms with Crippen LogP contribution in [0, 0.1) is 0 Å². The maximum Gasteiger partial charge on any atom is 0.263 e. The van der Waals surface area contributed by atoms with Crippen molar-refractivity contribution < 1.29 is 9.59 Å². The molecule has 2 aromatic rings. The smallest absolute Gasteiger partial charge is 0.263 e. The molecule has 1 fully saturated rings. The Bertz CT molecular complexity index is 907. The van der Waals surface area contributed by atoms with E-state index in [1.54, 1.807) is 37.3 Å². The third-order valence-corrected chi connectivity index (χ3v) is 5.08. The summed E-state index contributed by atoms with van der Waals surface area (Å²) in [6.45, 7) is 1.91. The molecule has 1 aliphatic heterocycles. The van der Waals surface area contributed by atoms with Gasteiger partial charge in [0, 0.05) is 39.9 Å². The number of rotatable bonds is 4. The monoisotopic (exact) mass is 382 g/mol. The van der Waals surface area contributed by atoms with Crippen molar-refractivity contribution in [2.24, 2.45) is 0 Å². The van der Waals surface area contributed by atoms with Crippen LogP contribution in [-0.2, 0) is 11.3 Å². The molecule has 0 aliphatic carbocycles. The van der Waals surface area contributed by atoms with Crippen LogP contribution in [0.2, 0.25) is 0 Å². The minimum absolute atomic E-state index is 0.0855. The molecule has 2 amide bonds. The molecular formula is C21H26N4O3. The van der Waals surface area contributed by atoms with E-state index < -0.39 is 5.56 Å². The van der Waals surface area contributed by atoms with Crippen LogP contribution in [0.1, 0.15) is 22.0 Å². The number of nitrogens with zero attached hydrogens (tertiary/aromatic N) is 4. The molecule has 1 saturated heterocycles. The Kier molecular flexibility index (Phi) is 5.94. The number of aromatic nitrogens is 1. The largest absolute Gasteiger partial charge is 0.347 e. The summed E-state index contributed by atoms with van der Waals surface area (Å²) in [7, 11) is 5.30. The molecule has 0 N–H and O–H groups in total. The summed E-state index contributed by atoms with van der Waals surface area (Å²) in [5.41, 5.74) is 0.703. The van der Waals surface area contributed by atoms with Crippen molar-refractivity contribution in [2.45, 2.75) is 12.6 Å². The van der Waals surface area contributed by atoms with Gasteiger partial charge in [-0.1, -0.05) is 30.3 Å². The van der Waals surface area contributed by atoms with Gasteiger partial charge in [0.05, 0.1) is 6.04 Å². The number of benzene rings is 1. The maximum atomic E-state index is 13.3. The van der Waals surface area contributed by atoms with E-state index in [0.717, 1.165) is 12.1 Å². The summed E-state index contributed by atoms with van der Waals surface area (Å²) in [6.07, 6.45) is 1.54. The molecule has 1 aliphatic rings. The summed E-state index contributed by atoms with van der Waals surface area (Å²) in [6, 6.07) is 12.9. The fourth-order valence-electron chi connectivity index (χ4n) is 3.39. The highest BCUT2D eigenvalue weighted by molar-refractivity contribution is 5.94. The minimum atomic E-state index is -0.437. The molecule has 0 unspecified atom stereocenters. The predicted octanol–water partition coefficient (Wildman–Crippen LogP) is 1.07. The molecule has 1 aromatic heterocycles. The van der Waals surface area contributed by atoms with E-state index in [4.69, 9.17) is 0 Å². The van der Waals surface area contributed by atoms with Gasteiger partial charge in [0.1, 0.15) is 12.1 Å². The van der Waals surface area contributed by atoms with Gasteiger partial charge < -0.3 is 19.3 Å². The van der Waals surface area contributed by atoms with Gasteiger partial charge in [-0.25, -0.2) is 0 Å². The second kappa shape index (κ2) is 8.39. The third-order valence-electron chi connectivity index (χ3n) is 5.08. The molecule has 0 spiro atoms. The highest BCUT2D eigenvalue weighted by Gasteiger charge is 2.32. The number of hydrogen-bond donors (Lipinski definition) is 0. The summed E-state index contributed by atoms with van der Waals surface area (Å²) >= 11 is 0. The van der Waals surface area contributed by atoms with Crippen molar-refractivity contribution in [1.82, 2.24) is 19.3 Å². The topological polar surface area (TPSA) is 65.9 Å². The van der Waals surface area contributed by atoms with E-state index >= 15 is 0 Å². The molecule has 28 heavy (non-hydrogen) atoms. The van der Waals surface area contributed by atoms with Crippen LogP contribution in [0.3, 0.4) is 0 Å². The lowest BCUT2D eigenvalue weighted by molar-refractivity contribution is -0.129. The number of pyridine rings is 1. The standard InChI is InChI=1S/C21H26N4O3/c1-22(2)19(26)15-24-11-7-10-17(20(24)27)21(28)25-13-12-23(3)14-18(25)16-8-5-4-6-9-16/h4-11,18H,12-15H2,1-3H3/t18-/m1/s1. The Morgan fingerprint density at radius 2 is 1.79 bits per heavy atom. The molecule has 0 radical (unpaired) electrons. The fourth-order valence-corrected chi connectivity index (χ4v) is 3.39. The second-order valence-corrected chi connectivity index (χ2v) is 7.33. The first kappa shape index (κ1) is 19.8. The number of carbonyl (C=O) groups is 2. The Morgan fingerprint density at radius 1 is 1.07 bits per heavy atom. The van der Waals surface area contributed by atoms with Gasteiger partial charge >= 0.3 is 0 Å². The highest BCUT2D eigenvalue weighted by atomic mass is 16.2. The van der Waals surface area contributed by atoms with Crippen LogP contribution in [-0.4, -0.2) is 71.9 Å². The average Bonchev–Trinajstić information content (AvgIpc) is 2.69. The van der Waals surface area contributed by atoms with Gasteiger partial charge in [-0.2, -0.15) is 0 Å². The highest BCUT2D eigenvalue weighted by Crippen LogP contribution is 2.26. The first-order valence-electron chi connectivity index (χ1n) is 9.32. The molecular weight excluding hydrogens is 356 g/mol. The number of likely N-dealkylation sites (N-methyl/N-ethyl adjacent to an activating group) is 2. The molecule has 3 rings (SSSR count). The quantitative estimate of drug-likeness (QED) is 0.793. The van der Waals surface area contributed by atoms with E-state index in [9.17, 15) is 14.4 Å². The van der Waals surface area contributed by atoms with Crippen LogP contribution in [0.5, 0.6) is 0 Å². The molecule has 7 nitrogen and oxygen atoms in total. The second-order valence-electron chi connectivity index (χ2n) is 7.33. The van der Waals surface area contributed by atoms with Crippen molar-refractivity contribution in [1.29, 1.82) is 0 Å². The number of piperazine rings is 1. The van der Waals surface area contributed by atoms with Crippen LogP contribution in [0.4, 0.5) is 0 Å². The zero-order chi connectivity index (χ0) is 20.3. The molecule has 0 bridgehead atoms. The summed E-state index contributed by atoms with van der Waals surface area (Å²) in [5.74, 6) is -0.493. The molecule has 1 atom stereocenters. The number of hydrogen-bond acceptors (Lipinski definition) is 4. The van der Waals surface area contributed by atoms with Gasteiger partial charge in [-0.15, -0.1) is 0 Å². The van der Waals surface area contributed by atoms with Crippen molar-refractivity contribution >= 4 is 11.8 Å². The van der Waals surface area contributed by atoms with E-state index in [0.29, 0.717) is 13.1 Å². The SMILES string of the molecule is CN1CCN(C(=O)c2cccn(CC(=O)N(C)C)c2=O)[C@@H](c2ccccc2)C1. The van der Waals surface area contributed by atoms with Gasteiger partial charge in [-0.05, 0) is 24.7 Å². The Hall–Kier alpha value is -2.93. The Balaban J connectivity index is 1.92. The Morgan fingerprint density at radius 3 is 2.46 bits per heavy atom. The Labute approximate surface area is 164 Å². The summed E-state index contributed by atoms with van der Waals surface area (Å²) in [5, 5.41) is 0. The number of amides is 2. The van der Waals surface area contributed by atoms with Crippen LogP contribution in [0.15, 0.2) is 53.5 Å². The van der Waals surface area contributed by atoms with Crippen LogP contribution in [0.25, 0.3) is 0 Å². The van der Waals surface area contributed by atoms with Crippen molar-refractivity contribution in [2.75, 3.05) is 40.8 Å². The van der Waals surface area contributed by atoms with E-state index in [2.05, 4.69) is 4.90 Å². The van der Waals surface area contributed by atoms with Crippen LogP contribution < -0.4 is 5.56 Å². The van der Waals surface area contributed by atoms with Gasteiger partial charge in [0.15, 0.2) is 0 Å². The molecule has 2 heterocycles. The number of carbonyl (C=O) groups excluding carboxylic acids is 2. The summed E-state index contributed by atoms with van der Waals surface area (Å²) in [4.78, 5) is 43.5. The first-order valence-corrected chi connectivity index (χ1v) is 9.32. The van der Waals surface area contributed by atoms with Gasteiger partial charge in [-0.3, -0.25) is 14.4 Å². The molecule has 148 valence electrons. The lowest BCUT2D eigenvalue weighted by atomic mass is 10.0. The normalized spacial score (nSPS) is 17.4.